The SMILES string of the molecule is Cc1ccc(/C=C/C(=O)NC(=S)NNC(=O)c2cccc(Cl)c2)cc1. The van der Waals surface area contributed by atoms with Crippen molar-refractivity contribution in [2.24, 2.45) is 0 Å². The van der Waals surface area contributed by atoms with Gasteiger partial charge in [0, 0.05) is 16.7 Å². The molecular formula is C18H16ClN3O2S. The van der Waals surface area contributed by atoms with E-state index >= 15 is 0 Å². The molecule has 7 heteroatoms. The molecular weight excluding hydrogens is 358 g/mol. The van der Waals surface area contributed by atoms with Gasteiger partial charge in [0.2, 0.25) is 5.91 Å². The second kappa shape index (κ2) is 8.96. The number of hydrazine groups is 1. The Labute approximate surface area is 156 Å². The molecule has 0 saturated carbocycles. The van der Waals surface area contributed by atoms with Crippen LogP contribution >= 0.6 is 23.8 Å². The van der Waals surface area contributed by atoms with Crippen LogP contribution in [0.1, 0.15) is 21.5 Å². The Balaban J connectivity index is 1.80. The molecule has 0 heterocycles. The van der Waals surface area contributed by atoms with E-state index in [-0.39, 0.29) is 5.11 Å². The summed E-state index contributed by atoms with van der Waals surface area (Å²) in [6, 6.07) is 14.2. The van der Waals surface area contributed by atoms with Crippen molar-refractivity contribution in [2.45, 2.75) is 6.92 Å². The van der Waals surface area contributed by atoms with E-state index in [9.17, 15) is 9.59 Å². The van der Waals surface area contributed by atoms with Gasteiger partial charge in [-0.05, 0) is 49.0 Å². The number of thiocarbonyl (C=S) groups is 1. The summed E-state index contributed by atoms with van der Waals surface area (Å²) in [5.41, 5.74) is 7.25. The topological polar surface area (TPSA) is 70.2 Å². The van der Waals surface area contributed by atoms with Crippen LogP contribution in [-0.4, -0.2) is 16.9 Å². The Bertz CT molecular complexity index is 819. The number of carbonyl (C=O) groups is 2. The molecule has 25 heavy (non-hydrogen) atoms. The largest absolute Gasteiger partial charge is 0.298 e. The minimum Gasteiger partial charge on any atom is -0.298 e. The van der Waals surface area contributed by atoms with Crippen LogP contribution in [0.2, 0.25) is 5.02 Å². The Kier molecular flexibility index (Phi) is 6.68. The smallest absolute Gasteiger partial charge is 0.269 e. The number of hydrogen-bond acceptors (Lipinski definition) is 3. The van der Waals surface area contributed by atoms with Crippen molar-refractivity contribution < 1.29 is 9.59 Å². The van der Waals surface area contributed by atoms with E-state index in [1.807, 2.05) is 31.2 Å². The number of rotatable bonds is 3. The molecule has 0 unspecified atom stereocenters. The van der Waals surface area contributed by atoms with Gasteiger partial charge in [0.1, 0.15) is 0 Å². The number of aryl methyl sites for hydroxylation is 1. The molecule has 2 rings (SSSR count). The van der Waals surface area contributed by atoms with Crippen LogP contribution in [0.4, 0.5) is 0 Å². The quantitative estimate of drug-likeness (QED) is 0.439. The minimum atomic E-state index is -0.422. The number of halogens is 1. The molecule has 0 spiro atoms. The fourth-order valence-electron chi connectivity index (χ4n) is 1.85. The van der Waals surface area contributed by atoms with E-state index < -0.39 is 11.8 Å². The first-order valence-electron chi connectivity index (χ1n) is 7.35. The molecule has 0 bridgehead atoms. The van der Waals surface area contributed by atoms with Gasteiger partial charge in [-0.25, -0.2) is 0 Å². The highest BCUT2D eigenvalue weighted by Gasteiger charge is 2.07. The van der Waals surface area contributed by atoms with E-state index in [0.29, 0.717) is 10.6 Å². The predicted molar refractivity (Wildman–Crippen MR) is 103 cm³/mol. The van der Waals surface area contributed by atoms with Crippen molar-refractivity contribution in [3.05, 3.63) is 76.3 Å². The van der Waals surface area contributed by atoms with Gasteiger partial charge < -0.3 is 0 Å². The van der Waals surface area contributed by atoms with E-state index in [0.717, 1.165) is 11.1 Å². The molecule has 2 amide bonds. The Morgan fingerprint density at radius 1 is 1.08 bits per heavy atom. The zero-order chi connectivity index (χ0) is 18.2. The van der Waals surface area contributed by atoms with Crippen LogP contribution in [0.25, 0.3) is 6.08 Å². The van der Waals surface area contributed by atoms with Gasteiger partial charge in [0.25, 0.3) is 5.91 Å². The molecule has 0 aliphatic rings. The maximum absolute atomic E-state index is 11.9. The molecule has 0 aliphatic heterocycles. The molecule has 0 aromatic heterocycles. The highest BCUT2D eigenvalue weighted by molar-refractivity contribution is 7.80. The zero-order valence-corrected chi connectivity index (χ0v) is 14.9. The van der Waals surface area contributed by atoms with Gasteiger partial charge in [-0.3, -0.25) is 25.8 Å². The second-order valence-corrected chi connectivity index (χ2v) is 6.00. The number of hydrogen-bond donors (Lipinski definition) is 3. The zero-order valence-electron chi connectivity index (χ0n) is 13.4. The lowest BCUT2D eigenvalue weighted by Crippen LogP contribution is -2.48. The molecule has 2 aromatic carbocycles. The van der Waals surface area contributed by atoms with E-state index in [1.54, 1.807) is 24.3 Å². The van der Waals surface area contributed by atoms with Crippen LogP contribution < -0.4 is 16.2 Å². The summed E-state index contributed by atoms with van der Waals surface area (Å²) in [6.45, 7) is 1.99. The van der Waals surface area contributed by atoms with Crippen molar-refractivity contribution in [1.29, 1.82) is 0 Å². The molecule has 0 fully saturated rings. The van der Waals surface area contributed by atoms with Crippen LogP contribution in [-0.2, 0) is 4.79 Å². The normalized spacial score (nSPS) is 10.3. The highest BCUT2D eigenvalue weighted by atomic mass is 35.5. The lowest BCUT2D eigenvalue weighted by atomic mass is 10.1. The van der Waals surface area contributed by atoms with Gasteiger partial charge in [0.15, 0.2) is 5.11 Å². The van der Waals surface area contributed by atoms with Gasteiger partial charge in [-0.1, -0.05) is 47.5 Å². The van der Waals surface area contributed by atoms with Crippen molar-refractivity contribution in [3.63, 3.8) is 0 Å². The molecule has 128 valence electrons. The van der Waals surface area contributed by atoms with Crippen molar-refractivity contribution in [2.75, 3.05) is 0 Å². The number of carbonyl (C=O) groups excluding carboxylic acids is 2. The molecule has 3 N–H and O–H groups in total. The van der Waals surface area contributed by atoms with E-state index in [2.05, 4.69) is 16.2 Å². The van der Waals surface area contributed by atoms with Gasteiger partial charge in [-0.15, -0.1) is 0 Å². The van der Waals surface area contributed by atoms with Crippen molar-refractivity contribution >= 4 is 46.8 Å². The average Bonchev–Trinajstić information content (AvgIpc) is 2.59. The third-order valence-corrected chi connectivity index (χ3v) is 3.56. The number of nitrogens with one attached hydrogen (secondary N) is 3. The fraction of sp³-hybridized carbons (Fsp3) is 0.0556. The highest BCUT2D eigenvalue weighted by Crippen LogP contribution is 2.10. The third kappa shape index (κ3) is 6.37. The molecule has 2 aromatic rings. The van der Waals surface area contributed by atoms with Gasteiger partial charge in [0.05, 0.1) is 0 Å². The lowest BCUT2D eigenvalue weighted by Gasteiger charge is -2.09. The standard InChI is InChI=1S/C18H16ClN3O2S/c1-12-5-7-13(8-6-12)9-10-16(23)20-18(25)22-21-17(24)14-3-2-4-15(19)11-14/h2-11H,1H3,(H,21,24)(H2,20,22,23,25)/b10-9+. The summed E-state index contributed by atoms with van der Waals surface area (Å²) in [5.74, 6) is -0.829. The minimum absolute atomic E-state index is 0.0195. The summed E-state index contributed by atoms with van der Waals surface area (Å²) in [6.07, 6.45) is 3.03. The molecule has 0 saturated heterocycles. The first-order valence-corrected chi connectivity index (χ1v) is 8.14. The Morgan fingerprint density at radius 3 is 2.48 bits per heavy atom. The summed E-state index contributed by atoms with van der Waals surface area (Å²) in [4.78, 5) is 23.7. The second-order valence-electron chi connectivity index (χ2n) is 5.15. The maximum Gasteiger partial charge on any atom is 0.269 e. The number of amides is 2. The summed E-state index contributed by atoms with van der Waals surface area (Å²) < 4.78 is 0. The molecule has 5 nitrogen and oxygen atoms in total. The first-order chi connectivity index (χ1) is 11.9. The Hall–Kier alpha value is -2.70. The van der Waals surface area contributed by atoms with Crippen molar-refractivity contribution in [1.82, 2.24) is 16.2 Å². The lowest BCUT2D eigenvalue weighted by molar-refractivity contribution is -0.115. The van der Waals surface area contributed by atoms with Crippen LogP contribution in [0, 0.1) is 6.92 Å². The maximum atomic E-state index is 11.9. The average molecular weight is 374 g/mol. The molecule has 0 aliphatic carbocycles. The fourth-order valence-corrected chi connectivity index (χ4v) is 2.19. The summed E-state index contributed by atoms with van der Waals surface area (Å²) in [5, 5.41) is 2.86. The summed E-state index contributed by atoms with van der Waals surface area (Å²) in [7, 11) is 0. The van der Waals surface area contributed by atoms with Crippen LogP contribution in [0.5, 0.6) is 0 Å². The number of benzene rings is 2. The van der Waals surface area contributed by atoms with E-state index in [4.69, 9.17) is 23.8 Å². The Morgan fingerprint density at radius 2 is 1.80 bits per heavy atom. The predicted octanol–water partition coefficient (Wildman–Crippen LogP) is 3.00. The summed E-state index contributed by atoms with van der Waals surface area (Å²) >= 11 is 10.8. The molecule has 0 atom stereocenters. The third-order valence-electron chi connectivity index (χ3n) is 3.12. The van der Waals surface area contributed by atoms with Crippen LogP contribution in [0.3, 0.4) is 0 Å². The van der Waals surface area contributed by atoms with E-state index in [1.165, 1.54) is 12.1 Å². The monoisotopic (exact) mass is 373 g/mol. The van der Waals surface area contributed by atoms with Gasteiger partial charge in [-0.2, -0.15) is 0 Å². The van der Waals surface area contributed by atoms with Crippen molar-refractivity contribution in [3.8, 4) is 0 Å². The van der Waals surface area contributed by atoms with Gasteiger partial charge >= 0.3 is 0 Å². The van der Waals surface area contributed by atoms with Crippen LogP contribution in [0.15, 0.2) is 54.6 Å². The first kappa shape index (κ1) is 18.6. The molecule has 0 radical (unpaired) electrons.